The summed E-state index contributed by atoms with van der Waals surface area (Å²) in [5, 5.41) is 6.76. The van der Waals surface area contributed by atoms with E-state index in [1.807, 2.05) is 65.7 Å². The van der Waals surface area contributed by atoms with Crippen molar-refractivity contribution in [3.63, 3.8) is 0 Å². The van der Waals surface area contributed by atoms with Gasteiger partial charge in [0.25, 0.3) is 5.91 Å². The van der Waals surface area contributed by atoms with Crippen molar-refractivity contribution >= 4 is 17.2 Å². The van der Waals surface area contributed by atoms with Gasteiger partial charge in [-0.15, -0.1) is 11.3 Å². The number of amides is 1. The minimum atomic E-state index is -0.0471. The fourth-order valence-corrected chi connectivity index (χ4v) is 5.00. The minimum Gasteiger partial charge on any atom is -0.496 e. The Bertz CT molecular complexity index is 1310. The summed E-state index contributed by atoms with van der Waals surface area (Å²) in [7, 11) is 1.64. The number of methoxy groups -OCH3 is 1. The third-order valence-corrected chi connectivity index (χ3v) is 7.19. The Labute approximate surface area is 208 Å². The fraction of sp³-hybridized carbons (Fsp3) is 0.308. The second-order valence-electron chi connectivity index (χ2n) is 8.56. The van der Waals surface area contributed by atoms with Crippen LogP contribution < -0.4 is 4.74 Å². The van der Waals surface area contributed by atoms with E-state index in [0.717, 1.165) is 35.0 Å². The second-order valence-corrected chi connectivity index (χ2v) is 9.42. The van der Waals surface area contributed by atoms with Crippen molar-refractivity contribution in [2.24, 2.45) is 0 Å². The lowest BCUT2D eigenvalue weighted by atomic mass is 10.1. The maximum atomic E-state index is 13.1. The highest BCUT2D eigenvalue weighted by Gasteiger charge is 2.29. The van der Waals surface area contributed by atoms with Crippen LogP contribution in [0.3, 0.4) is 0 Å². The van der Waals surface area contributed by atoms with Crippen molar-refractivity contribution in [2.75, 3.05) is 33.3 Å². The van der Waals surface area contributed by atoms with Gasteiger partial charge in [-0.2, -0.15) is 4.98 Å². The van der Waals surface area contributed by atoms with Crippen LogP contribution in [0, 0.1) is 6.92 Å². The highest BCUT2D eigenvalue weighted by molar-refractivity contribution is 7.13. The van der Waals surface area contributed by atoms with E-state index in [-0.39, 0.29) is 11.9 Å². The highest BCUT2D eigenvalue weighted by atomic mass is 32.1. The third kappa shape index (κ3) is 4.82. The van der Waals surface area contributed by atoms with Crippen molar-refractivity contribution in [3.8, 4) is 27.7 Å². The molecule has 0 saturated carbocycles. The molecule has 3 heterocycles. The van der Waals surface area contributed by atoms with Gasteiger partial charge in [0.2, 0.25) is 11.7 Å². The number of hydrogen-bond acceptors (Lipinski definition) is 8. The van der Waals surface area contributed by atoms with Crippen molar-refractivity contribution in [3.05, 3.63) is 71.1 Å². The van der Waals surface area contributed by atoms with Gasteiger partial charge in [0.15, 0.2) is 0 Å². The molecule has 2 aromatic heterocycles. The molecule has 0 spiro atoms. The normalized spacial score (nSPS) is 15.2. The molecular weight excluding hydrogens is 462 g/mol. The van der Waals surface area contributed by atoms with E-state index in [0.29, 0.717) is 30.5 Å². The molecular formula is C26H27N5O3S. The standard InChI is InChI=1S/C26H27N5O3S/c1-17-8-10-19(11-9-17)23-28-24(34-29-23)18(2)30-12-14-31(15-13-30)26(32)21-16-35-25(27-21)20-6-4-5-7-22(20)33-3/h4-11,16,18H,12-15H2,1-3H3. The van der Waals surface area contributed by atoms with E-state index in [4.69, 9.17) is 9.26 Å². The van der Waals surface area contributed by atoms with Gasteiger partial charge in [0.1, 0.15) is 16.5 Å². The van der Waals surface area contributed by atoms with Crippen LogP contribution in [0.2, 0.25) is 0 Å². The number of benzene rings is 2. The summed E-state index contributed by atoms with van der Waals surface area (Å²) >= 11 is 1.45. The summed E-state index contributed by atoms with van der Waals surface area (Å²) in [5.41, 5.74) is 3.48. The molecule has 1 aliphatic heterocycles. The van der Waals surface area contributed by atoms with Crippen LogP contribution in [0.4, 0.5) is 0 Å². The van der Waals surface area contributed by atoms with Gasteiger partial charge < -0.3 is 14.2 Å². The first kappa shape index (κ1) is 23.2. The molecule has 1 unspecified atom stereocenters. The number of aromatic nitrogens is 3. The van der Waals surface area contributed by atoms with Crippen LogP contribution in [0.1, 0.15) is 34.9 Å². The van der Waals surface area contributed by atoms with E-state index in [1.54, 1.807) is 7.11 Å². The number of piperazine rings is 1. The van der Waals surface area contributed by atoms with Crippen LogP contribution in [0.5, 0.6) is 5.75 Å². The minimum absolute atomic E-state index is 0.0321. The first-order valence-electron chi connectivity index (χ1n) is 11.6. The van der Waals surface area contributed by atoms with Gasteiger partial charge >= 0.3 is 0 Å². The number of thiazole rings is 1. The average molecular weight is 490 g/mol. The number of aryl methyl sites for hydroxylation is 1. The molecule has 1 amide bonds. The predicted octanol–water partition coefficient (Wildman–Crippen LogP) is 4.70. The first-order chi connectivity index (χ1) is 17.0. The molecule has 0 radical (unpaired) electrons. The Hall–Kier alpha value is -3.56. The number of ether oxygens (including phenoxy) is 1. The van der Waals surface area contributed by atoms with E-state index < -0.39 is 0 Å². The van der Waals surface area contributed by atoms with Gasteiger partial charge in [-0.3, -0.25) is 9.69 Å². The molecule has 35 heavy (non-hydrogen) atoms. The second kappa shape index (κ2) is 9.97. The van der Waals surface area contributed by atoms with Crippen LogP contribution in [-0.4, -0.2) is 64.1 Å². The first-order valence-corrected chi connectivity index (χ1v) is 12.4. The Morgan fingerprint density at radius 2 is 1.80 bits per heavy atom. The van der Waals surface area contributed by atoms with E-state index in [2.05, 4.69) is 26.9 Å². The number of hydrogen-bond donors (Lipinski definition) is 0. The lowest BCUT2D eigenvalue weighted by molar-refractivity contribution is 0.0547. The van der Waals surface area contributed by atoms with Gasteiger partial charge in [-0.25, -0.2) is 4.98 Å². The fourth-order valence-electron chi connectivity index (χ4n) is 4.17. The Kier molecular flexibility index (Phi) is 6.61. The highest BCUT2D eigenvalue weighted by Crippen LogP contribution is 2.32. The van der Waals surface area contributed by atoms with Crippen LogP contribution >= 0.6 is 11.3 Å². The van der Waals surface area contributed by atoms with Gasteiger partial charge in [0.05, 0.1) is 18.7 Å². The van der Waals surface area contributed by atoms with Crippen molar-refractivity contribution in [2.45, 2.75) is 19.9 Å². The van der Waals surface area contributed by atoms with Crippen LogP contribution in [0.15, 0.2) is 58.4 Å². The smallest absolute Gasteiger partial charge is 0.273 e. The Morgan fingerprint density at radius 3 is 2.54 bits per heavy atom. The third-order valence-electron chi connectivity index (χ3n) is 6.32. The van der Waals surface area contributed by atoms with E-state index >= 15 is 0 Å². The summed E-state index contributed by atoms with van der Waals surface area (Å²) in [5.74, 6) is 1.88. The van der Waals surface area contributed by atoms with Crippen molar-refractivity contribution in [1.29, 1.82) is 0 Å². The summed E-state index contributed by atoms with van der Waals surface area (Å²) in [6.45, 7) is 6.78. The molecule has 0 N–H and O–H groups in total. The molecule has 180 valence electrons. The molecule has 5 rings (SSSR count). The van der Waals surface area contributed by atoms with Gasteiger partial charge in [-0.05, 0) is 26.0 Å². The zero-order chi connectivity index (χ0) is 24.4. The molecule has 1 fully saturated rings. The van der Waals surface area contributed by atoms with Gasteiger partial charge in [-0.1, -0.05) is 47.1 Å². The van der Waals surface area contributed by atoms with E-state index in [9.17, 15) is 4.79 Å². The summed E-state index contributed by atoms with van der Waals surface area (Å²) in [6.07, 6.45) is 0. The SMILES string of the molecule is COc1ccccc1-c1nc(C(=O)N2CCN(C(C)c3nc(-c4ccc(C)cc4)no3)CC2)cs1. The van der Waals surface area contributed by atoms with Crippen molar-refractivity contribution < 1.29 is 14.1 Å². The molecule has 9 heteroatoms. The number of carbonyl (C=O) groups excluding carboxylic acids is 1. The lowest BCUT2D eigenvalue weighted by Gasteiger charge is -2.36. The summed E-state index contributed by atoms with van der Waals surface area (Å²) in [6, 6.07) is 15.7. The molecule has 2 aromatic carbocycles. The lowest BCUT2D eigenvalue weighted by Crippen LogP contribution is -2.49. The molecule has 1 atom stereocenters. The Balaban J connectivity index is 1.21. The molecule has 8 nitrogen and oxygen atoms in total. The monoisotopic (exact) mass is 489 g/mol. The largest absolute Gasteiger partial charge is 0.496 e. The zero-order valence-electron chi connectivity index (χ0n) is 20.0. The van der Waals surface area contributed by atoms with E-state index in [1.165, 1.54) is 16.9 Å². The molecule has 1 saturated heterocycles. The zero-order valence-corrected chi connectivity index (χ0v) is 20.8. The quantitative estimate of drug-likeness (QED) is 0.388. The van der Waals surface area contributed by atoms with Crippen LogP contribution in [-0.2, 0) is 0 Å². The summed E-state index contributed by atoms with van der Waals surface area (Å²) in [4.78, 5) is 26.4. The number of carbonyl (C=O) groups is 1. The molecule has 1 aliphatic rings. The predicted molar refractivity (Wildman–Crippen MR) is 134 cm³/mol. The average Bonchev–Trinajstić information content (AvgIpc) is 3.59. The molecule has 0 aliphatic carbocycles. The van der Waals surface area contributed by atoms with Crippen LogP contribution in [0.25, 0.3) is 22.0 Å². The molecule has 4 aromatic rings. The van der Waals surface area contributed by atoms with Gasteiger partial charge in [0, 0.05) is 37.1 Å². The molecule has 0 bridgehead atoms. The number of para-hydroxylation sites is 1. The Morgan fingerprint density at radius 1 is 1.06 bits per heavy atom. The number of nitrogens with zero attached hydrogens (tertiary/aromatic N) is 5. The maximum absolute atomic E-state index is 13.1. The summed E-state index contributed by atoms with van der Waals surface area (Å²) < 4.78 is 11.0. The van der Waals surface area contributed by atoms with Crippen molar-refractivity contribution in [1.82, 2.24) is 24.9 Å². The maximum Gasteiger partial charge on any atom is 0.273 e. The number of rotatable bonds is 6. The topological polar surface area (TPSA) is 84.6 Å².